The summed E-state index contributed by atoms with van der Waals surface area (Å²) >= 11 is 0. The summed E-state index contributed by atoms with van der Waals surface area (Å²) < 4.78 is 23.6. The second kappa shape index (κ2) is 4.60. The van der Waals surface area contributed by atoms with Crippen molar-refractivity contribution in [1.82, 2.24) is 9.97 Å². The Hall–Kier alpha value is -2.34. The third-order valence-electron chi connectivity index (χ3n) is 3.35. The predicted octanol–water partition coefficient (Wildman–Crippen LogP) is 2.65. The number of hydrogen-bond donors (Lipinski definition) is 2. The van der Waals surface area contributed by atoms with Gasteiger partial charge in [0.25, 0.3) is 0 Å². The van der Waals surface area contributed by atoms with E-state index in [1.807, 2.05) is 0 Å². The first-order valence-corrected chi connectivity index (χ1v) is 8.24. The Bertz CT molecular complexity index is 943. The lowest BCUT2D eigenvalue weighted by atomic mass is 10.1. The number of rotatable bonds is 2. The molecule has 21 heavy (non-hydrogen) atoms. The number of aromatic hydroxyl groups is 1. The molecule has 5 nitrogen and oxygen atoms in total. The minimum Gasteiger partial charge on any atom is -0.508 e. The predicted molar refractivity (Wildman–Crippen MR) is 81.0 cm³/mol. The molecule has 108 valence electrons. The first-order chi connectivity index (χ1) is 9.86. The summed E-state index contributed by atoms with van der Waals surface area (Å²) in [5.41, 5.74) is 2.62. The zero-order valence-electron chi connectivity index (χ0n) is 11.6. The fraction of sp³-hybridized carbons (Fsp3) is 0.133. The summed E-state index contributed by atoms with van der Waals surface area (Å²) in [5.74, 6) is 0.788. The van der Waals surface area contributed by atoms with Gasteiger partial charge in [-0.15, -0.1) is 0 Å². The average molecular weight is 302 g/mol. The van der Waals surface area contributed by atoms with Crippen LogP contribution < -0.4 is 0 Å². The number of sulfone groups is 1. The van der Waals surface area contributed by atoms with Gasteiger partial charge in [-0.05, 0) is 42.8 Å². The first kappa shape index (κ1) is 13.6. The molecule has 0 saturated heterocycles. The molecule has 0 unspecified atom stereocenters. The number of nitrogens with one attached hydrogen (secondary N) is 1. The van der Waals surface area contributed by atoms with Crippen molar-refractivity contribution in [3.05, 3.63) is 42.0 Å². The van der Waals surface area contributed by atoms with Crippen molar-refractivity contribution < 1.29 is 13.5 Å². The third-order valence-corrected chi connectivity index (χ3v) is 4.47. The highest BCUT2D eigenvalue weighted by atomic mass is 32.2. The molecular weight excluding hydrogens is 288 g/mol. The fourth-order valence-corrected chi connectivity index (χ4v) is 3.08. The molecule has 2 aromatic carbocycles. The van der Waals surface area contributed by atoms with Crippen LogP contribution in [0.3, 0.4) is 0 Å². The zero-order chi connectivity index (χ0) is 15.2. The number of aromatic nitrogens is 2. The van der Waals surface area contributed by atoms with Gasteiger partial charge in [-0.3, -0.25) is 0 Å². The summed E-state index contributed by atoms with van der Waals surface area (Å²) in [6, 6.07) is 10.1. The van der Waals surface area contributed by atoms with E-state index < -0.39 is 9.84 Å². The molecule has 1 heterocycles. The number of benzene rings is 2. The lowest BCUT2D eigenvalue weighted by Crippen LogP contribution is -1.97. The molecule has 1 aromatic heterocycles. The fourth-order valence-electron chi connectivity index (χ4n) is 2.24. The quantitative estimate of drug-likeness (QED) is 0.762. The Morgan fingerprint density at radius 3 is 2.62 bits per heavy atom. The number of hydrogen-bond acceptors (Lipinski definition) is 4. The Balaban J connectivity index is 2.24. The van der Waals surface area contributed by atoms with E-state index in [4.69, 9.17) is 0 Å². The Morgan fingerprint density at radius 2 is 1.95 bits per heavy atom. The number of phenols is 1. The molecule has 0 aliphatic rings. The van der Waals surface area contributed by atoms with E-state index >= 15 is 0 Å². The molecule has 0 aliphatic carbocycles. The number of imidazole rings is 1. The van der Waals surface area contributed by atoms with Crippen LogP contribution >= 0.6 is 0 Å². The largest absolute Gasteiger partial charge is 0.508 e. The van der Waals surface area contributed by atoms with Crippen molar-refractivity contribution in [3.8, 4) is 17.1 Å². The summed E-state index contributed by atoms with van der Waals surface area (Å²) in [5, 5.41) is 9.57. The van der Waals surface area contributed by atoms with E-state index in [1.165, 1.54) is 6.26 Å². The molecule has 0 spiro atoms. The number of nitrogens with zero attached hydrogens (tertiary/aromatic N) is 1. The van der Waals surface area contributed by atoms with Crippen LogP contribution in [-0.2, 0) is 9.84 Å². The molecule has 0 atom stereocenters. The van der Waals surface area contributed by atoms with Gasteiger partial charge in [0, 0.05) is 11.8 Å². The van der Waals surface area contributed by atoms with Crippen LogP contribution in [0.1, 0.15) is 5.56 Å². The van der Waals surface area contributed by atoms with E-state index in [0.29, 0.717) is 16.9 Å². The highest BCUT2D eigenvalue weighted by Gasteiger charge is 2.15. The lowest BCUT2D eigenvalue weighted by molar-refractivity contribution is 0.471. The number of phenolic OH excluding ortho intramolecular Hbond substituents is 1. The third kappa shape index (κ3) is 2.38. The number of para-hydroxylation sites is 1. The molecule has 2 N–H and O–H groups in total. The monoisotopic (exact) mass is 302 g/mol. The van der Waals surface area contributed by atoms with Gasteiger partial charge >= 0.3 is 0 Å². The standard InChI is InChI=1S/C15H14N2O3S/c1-9-8-10(6-7-12(9)18)15-16-11-4-3-5-13(14(11)17-15)21(2,19)20/h3-8,18H,1-2H3,(H,16,17). The van der Waals surface area contributed by atoms with E-state index in [1.54, 1.807) is 43.3 Å². The Labute approximate surface area is 122 Å². The van der Waals surface area contributed by atoms with Crippen molar-refractivity contribution in [1.29, 1.82) is 0 Å². The minimum atomic E-state index is -3.34. The number of fused-ring (bicyclic) bond motifs is 1. The van der Waals surface area contributed by atoms with Crippen LogP contribution in [-0.4, -0.2) is 29.7 Å². The molecule has 3 rings (SSSR count). The molecule has 0 bridgehead atoms. The van der Waals surface area contributed by atoms with Crippen molar-refractivity contribution in [2.45, 2.75) is 11.8 Å². The highest BCUT2D eigenvalue weighted by Crippen LogP contribution is 2.27. The maximum atomic E-state index is 11.8. The average Bonchev–Trinajstić information content (AvgIpc) is 2.84. The summed E-state index contributed by atoms with van der Waals surface area (Å²) in [6.07, 6.45) is 1.17. The summed E-state index contributed by atoms with van der Waals surface area (Å²) in [7, 11) is -3.34. The number of aryl methyl sites for hydroxylation is 1. The molecule has 0 fully saturated rings. The smallest absolute Gasteiger partial charge is 0.177 e. The first-order valence-electron chi connectivity index (χ1n) is 6.35. The SMILES string of the molecule is Cc1cc(-c2nc3c(S(C)(=O)=O)cccc3[nH]2)ccc1O. The molecule has 0 aliphatic heterocycles. The summed E-state index contributed by atoms with van der Waals surface area (Å²) in [6.45, 7) is 1.80. The van der Waals surface area contributed by atoms with Gasteiger partial charge in [0.1, 0.15) is 17.1 Å². The van der Waals surface area contributed by atoms with E-state index in [-0.39, 0.29) is 10.6 Å². The van der Waals surface area contributed by atoms with E-state index in [9.17, 15) is 13.5 Å². The molecule has 3 aromatic rings. The van der Waals surface area contributed by atoms with Gasteiger partial charge < -0.3 is 10.1 Å². The van der Waals surface area contributed by atoms with Crippen LogP contribution in [0, 0.1) is 6.92 Å². The van der Waals surface area contributed by atoms with Crippen LogP contribution in [0.5, 0.6) is 5.75 Å². The second-order valence-electron chi connectivity index (χ2n) is 5.01. The van der Waals surface area contributed by atoms with Crippen molar-refractivity contribution in [2.75, 3.05) is 6.26 Å². The summed E-state index contributed by atoms with van der Waals surface area (Å²) in [4.78, 5) is 7.72. The molecule has 0 saturated carbocycles. The second-order valence-corrected chi connectivity index (χ2v) is 7.00. The normalized spacial score (nSPS) is 11.9. The molecule has 0 radical (unpaired) electrons. The van der Waals surface area contributed by atoms with Crippen LogP contribution in [0.15, 0.2) is 41.3 Å². The van der Waals surface area contributed by atoms with Crippen molar-refractivity contribution in [3.63, 3.8) is 0 Å². The molecular formula is C15H14N2O3S. The van der Waals surface area contributed by atoms with E-state index in [0.717, 1.165) is 11.1 Å². The van der Waals surface area contributed by atoms with Gasteiger partial charge in [0.05, 0.1) is 10.4 Å². The zero-order valence-corrected chi connectivity index (χ0v) is 12.4. The molecule has 0 amide bonds. The van der Waals surface area contributed by atoms with Gasteiger partial charge in [-0.2, -0.15) is 0 Å². The van der Waals surface area contributed by atoms with Crippen molar-refractivity contribution >= 4 is 20.9 Å². The van der Waals surface area contributed by atoms with Crippen LogP contribution in [0.4, 0.5) is 0 Å². The topological polar surface area (TPSA) is 83.0 Å². The van der Waals surface area contributed by atoms with Gasteiger partial charge in [-0.25, -0.2) is 13.4 Å². The Morgan fingerprint density at radius 1 is 1.19 bits per heavy atom. The number of H-pyrrole nitrogens is 1. The maximum Gasteiger partial charge on any atom is 0.177 e. The Kier molecular flexibility index (Phi) is 2.98. The lowest BCUT2D eigenvalue weighted by Gasteiger charge is -2.01. The van der Waals surface area contributed by atoms with Crippen LogP contribution in [0.2, 0.25) is 0 Å². The van der Waals surface area contributed by atoms with Gasteiger partial charge in [-0.1, -0.05) is 6.07 Å². The van der Waals surface area contributed by atoms with Gasteiger partial charge in [0.15, 0.2) is 9.84 Å². The molecule has 6 heteroatoms. The number of aromatic amines is 1. The minimum absolute atomic E-state index is 0.206. The van der Waals surface area contributed by atoms with Gasteiger partial charge in [0.2, 0.25) is 0 Å². The highest BCUT2D eigenvalue weighted by molar-refractivity contribution is 7.91. The van der Waals surface area contributed by atoms with Crippen LogP contribution in [0.25, 0.3) is 22.4 Å². The van der Waals surface area contributed by atoms with Crippen molar-refractivity contribution in [2.24, 2.45) is 0 Å². The van der Waals surface area contributed by atoms with E-state index in [2.05, 4.69) is 9.97 Å². The maximum absolute atomic E-state index is 11.8.